The van der Waals surface area contributed by atoms with E-state index in [1.807, 2.05) is 6.07 Å². The van der Waals surface area contributed by atoms with Gasteiger partial charge in [-0.05, 0) is 43.0 Å². The summed E-state index contributed by atoms with van der Waals surface area (Å²) < 4.78 is 7.37. The summed E-state index contributed by atoms with van der Waals surface area (Å²) in [5, 5.41) is 5.32. The Morgan fingerprint density at radius 3 is 2.67 bits per heavy atom. The molecule has 1 aromatic carbocycles. The van der Waals surface area contributed by atoms with Crippen LogP contribution >= 0.6 is 0 Å². The predicted octanol–water partition coefficient (Wildman–Crippen LogP) is 1.83. The first-order chi connectivity index (χ1) is 14.7. The van der Waals surface area contributed by atoms with Gasteiger partial charge in [-0.3, -0.25) is 9.69 Å². The van der Waals surface area contributed by atoms with Gasteiger partial charge in [-0.1, -0.05) is 0 Å². The fourth-order valence-corrected chi connectivity index (χ4v) is 3.84. The first-order valence-corrected chi connectivity index (χ1v) is 10.5. The van der Waals surface area contributed by atoms with E-state index < -0.39 is 0 Å². The Labute approximate surface area is 175 Å². The van der Waals surface area contributed by atoms with Gasteiger partial charge in [0.15, 0.2) is 0 Å². The number of ether oxygens (including phenoxy) is 1. The normalized spacial score (nSPS) is 17.4. The molecule has 0 radical (unpaired) electrons. The van der Waals surface area contributed by atoms with Crippen LogP contribution in [0.25, 0.3) is 10.9 Å². The van der Waals surface area contributed by atoms with Crippen molar-refractivity contribution in [2.45, 2.75) is 19.4 Å². The van der Waals surface area contributed by atoms with Crippen LogP contribution in [0.3, 0.4) is 0 Å². The first-order valence-electron chi connectivity index (χ1n) is 10.5. The van der Waals surface area contributed by atoms with Crippen molar-refractivity contribution in [3.63, 3.8) is 0 Å². The van der Waals surface area contributed by atoms with Gasteiger partial charge in [-0.25, -0.2) is 14.6 Å². The molecule has 1 aliphatic carbocycles. The van der Waals surface area contributed by atoms with Crippen molar-refractivity contribution < 1.29 is 4.74 Å². The molecule has 2 aliphatic rings. The minimum Gasteiger partial charge on any atom is -0.477 e. The number of anilines is 1. The highest BCUT2D eigenvalue weighted by atomic mass is 16.5. The third-order valence-corrected chi connectivity index (χ3v) is 5.87. The molecule has 3 aromatic rings. The number of fused-ring (bicyclic) bond motifs is 1. The maximum Gasteiger partial charge on any atom is 0.266 e. The summed E-state index contributed by atoms with van der Waals surface area (Å²) in [6, 6.07) is 9.74. The average molecular weight is 406 g/mol. The first kappa shape index (κ1) is 19.0. The van der Waals surface area contributed by atoms with Crippen molar-refractivity contribution in [2.24, 2.45) is 13.0 Å². The highest BCUT2D eigenvalue weighted by Gasteiger charge is 2.23. The van der Waals surface area contributed by atoms with Crippen LogP contribution in [0.4, 0.5) is 5.69 Å². The largest absolute Gasteiger partial charge is 0.477 e. The zero-order chi connectivity index (χ0) is 20.5. The van der Waals surface area contributed by atoms with Gasteiger partial charge in [-0.15, -0.1) is 0 Å². The molecule has 8 heteroatoms. The van der Waals surface area contributed by atoms with Crippen molar-refractivity contribution in [3.8, 4) is 5.88 Å². The van der Waals surface area contributed by atoms with E-state index in [-0.39, 0.29) is 5.56 Å². The number of aryl methyl sites for hydroxylation is 1. The molecule has 0 unspecified atom stereocenters. The van der Waals surface area contributed by atoms with Crippen LogP contribution in [0, 0.1) is 5.92 Å². The molecular formula is C22H26N6O2. The summed E-state index contributed by atoms with van der Waals surface area (Å²) in [6.07, 6.45) is 4.09. The SMILES string of the molecule is Cn1nc(CN2CCN(c3ccc4ncnc(OCC5CC5)c4c3)CC2)ccc1=O. The Balaban J connectivity index is 1.26. The van der Waals surface area contributed by atoms with Crippen LogP contribution in [-0.2, 0) is 13.6 Å². The van der Waals surface area contributed by atoms with Gasteiger partial charge in [0.05, 0.1) is 23.2 Å². The van der Waals surface area contributed by atoms with E-state index in [2.05, 4.69) is 43.1 Å². The van der Waals surface area contributed by atoms with Gasteiger partial charge in [0, 0.05) is 51.5 Å². The zero-order valence-corrected chi connectivity index (χ0v) is 17.2. The molecule has 2 aromatic heterocycles. The minimum absolute atomic E-state index is 0.0793. The molecule has 156 valence electrons. The van der Waals surface area contributed by atoms with Crippen LogP contribution in [0.2, 0.25) is 0 Å². The molecule has 0 atom stereocenters. The van der Waals surface area contributed by atoms with E-state index in [0.29, 0.717) is 11.8 Å². The number of aromatic nitrogens is 4. The fraction of sp³-hybridized carbons (Fsp3) is 0.455. The molecular weight excluding hydrogens is 380 g/mol. The van der Waals surface area contributed by atoms with Crippen LogP contribution in [0.15, 0.2) is 41.5 Å². The summed E-state index contributed by atoms with van der Waals surface area (Å²) in [5.41, 5.74) is 2.93. The predicted molar refractivity (Wildman–Crippen MR) is 115 cm³/mol. The standard InChI is InChI=1S/C22H26N6O2/c1-26-21(29)7-4-17(25-26)13-27-8-10-28(11-9-27)18-5-6-20-19(12-18)22(24-15-23-20)30-14-16-2-3-16/h4-7,12,15-16H,2-3,8-11,13-14H2,1H3. The Morgan fingerprint density at radius 2 is 1.90 bits per heavy atom. The van der Waals surface area contributed by atoms with Crippen LogP contribution in [0.5, 0.6) is 5.88 Å². The summed E-state index contributed by atoms with van der Waals surface area (Å²) in [6.45, 7) is 5.25. The van der Waals surface area contributed by atoms with Gasteiger partial charge < -0.3 is 9.64 Å². The van der Waals surface area contributed by atoms with Crippen molar-refractivity contribution >= 4 is 16.6 Å². The number of hydrogen-bond acceptors (Lipinski definition) is 7. The highest BCUT2D eigenvalue weighted by Crippen LogP contribution is 2.32. The lowest BCUT2D eigenvalue weighted by atomic mass is 10.2. The van der Waals surface area contributed by atoms with Crippen LogP contribution in [0.1, 0.15) is 18.5 Å². The molecule has 3 heterocycles. The molecule has 5 rings (SSSR count). The third-order valence-electron chi connectivity index (χ3n) is 5.87. The monoisotopic (exact) mass is 406 g/mol. The van der Waals surface area contributed by atoms with E-state index in [1.54, 1.807) is 19.4 Å². The molecule has 30 heavy (non-hydrogen) atoms. The number of nitrogens with zero attached hydrogens (tertiary/aromatic N) is 6. The quantitative estimate of drug-likeness (QED) is 0.618. The Kier molecular flexibility index (Phi) is 5.08. The minimum atomic E-state index is -0.0793. The number of piperazine rings is 1. The molecule has 8 nitrogen and oxygen atoms in total. The summed E-state index contributed by atoms with van der Waals surface area (Å²) in [4.78, 5) is 25.1. The van der Waals surface area contributed by atoms with Gasteiger partial charge in [0.1, 0.15) is 6.33 Å². The van der Waals surface area contributed by atoms with Crippen molar-refractivity contribution in [3.05, 3.63) is 52.7 Å². The average Bonchev–Trinajstić information content (AvgIpc) is 3.60. The second-order valence-electron chi connectivity index (χ2n) is 8.18. The number of hydrogen-bond donors (Lipinski definition) is 0. The molecule has 1 aliphatic heterocycles. The van der Waals surface area contributed by atoms with E-state index in [1.165, 1.54) is 23.2 Å². The Hall–Kier alpha value is -3.00. The van der Waals surface area contributed by atoms with Gasteiger partial charge in [0.25, 0.3) is 5.56 Å². The topological polar surface area (TPSA) is 76.4 Å². The third kappa shape index (κ3) is 4.14. The summed E-state index contributed by atoms with van der Waals surface area (Å²) in [5.74, 6) is 1.38. The highest BCUT2D eigenvalue weighted by molar-refractivity contribution is 5.86. The lowest BCUT2D eigenvalue weighted by molar-refractivity contribution is 0.245. The van der Waals surface area contributed by atoms with Crippen molar-refractivity contribution in [2.75, 3.05) is 37.7 Å². The lowest BCUT2D eigenvalue weighted by Gasteiger charge is -2.36. The maximum atomic E-state index is 11.5. The molecule has 0 amide bonds. The zero-order valence-electron chi connectivity index (χ0n) is 17.2. The molecule has 2 fully saturated rings. The van der Waals surface area contributed by atoms with Gasteiger partial charge in [0.2, 0.25) is 5.88 Å². The van der Waals surface area contributed by atoms with E-state index in [4.69, 9.17) is 4.74 Å². The summed E-state index contributed by atoms with van der Waals surface area (Å²) in [7, 11) is 1.69. The van der Waals surface area contributed by atoms with Gasteiger partial charge >= 0.3 is 0 Å². The van der Waals surface area contributed by atoms with Gasteiger partial charge in [-0.2, -0.15) is 5.10 Å². The second-order valence-corrected chi connectivity index (χ2v) is 8.18. The van der Waals surface area contributed by atoms with Crippen LogP contribution in [-0.4, -0.2) is 57.4 Å². The smallest absolute Gasteiger partial charge is 0.266 e. The van der Waals surface area contributed by atoms with E-state index in [9.17, 15) is 4.79 Å². The molecule has 0 bridgehead atoms. The second kappa shape index (κ2) is 8.02. The Bertz CT molecular complexity index is 1100. The molecule has 0 N–H and O–H groups in total. The molecule has 1 saturated heterocycles. The summed E-state index contributed by atoms with van der Waals surface area (Å²) >= 11 is 0. The van der Waals surface area contributed by atoms with Crippen molar-refractivity contribution in [1.82, 2.24) is 24.6 Å². The number of benzene rings is 1. The molecule has 1 saturated carbocycles. The lowest BCUT2D eigenvalue weighted by Crippen LogP contribution is -2.46. The van der Waals surface area contributed by atoms with Crippen molar-refractivity contribution in [1.29, 1.82) is 0 Å². The fourth-order valence-electron chi connectivity index (χ4n) is 3.84. The molecule has 0 spiro atoms. The van der Waals surface area contributed by atoms with Crippen LogP contribution < -0.4 is 15.2 Å². The van der Waals surface area contributed by atoms with E-state index in [0.717, 1.165) is 55.9 Å². The Morgan fingerprint density at radius 1 is 1.07 bits per heavy atom. The maximum absolute atomic E-state index is 11.5. The number of rotatable bonds is 6. The van der Waals surface area contributed by atoms with E-state index >= 15 is 0 Å².